The van der Waals surface area contributed by atoms with E-state index in [1.807, 2.05) is 49.5 Å². The fraction of sp³-hybridized carbons (Fsp3) is 0.476. The molecule has 5 heteroatoms. The Balaban J connectivity index is 1.67. The summed E-state index contributed by atoms with van der Waals surface area (Å²) < 4.78 is 27.8. The number of alkyl halides is 2. The molecule has 1 heterocycles. The Hall–Kier alpha value is -2.01. The third kappa shape index (κ3) is 3.09. The summed E-state index contributed by atoms with van der Waals surface area (Å²) in [6.07, 6.45) is 1.12. The Kier molecular flexibility index (Phi) is 4.22. The van der Waals surface area contributed by atoms with Gasteiger partial charge in [0.15, 0.2) is 0 Å². The summed E-state index contributed by atoms with van der Waals surface area (Å²) in [5.41, 5.74) is -0.170. The highest BCUT2D eigenvalue weighted by Gasteiger charge is 2.58. The van der Waals surface area contributed by atoms with Gasteiger partial charge in [0.1, 0.15) is 0 Å². The van der Waals surface area contributed by atoms with Gasteiger partial charge in [-0.25, -0.2) is 8.78 Å². The SMILES string of the molecule is CN1CCCC(C(=O)NC2(c3cccc4ccccc34)CC(F)(F)C2)C1. The molecule has 4 rings (SSSR count). The summed E-state index contributed by atoms with van der Waals surface area (Å²) in [6, 6.07) is 13.5. The smallest absolute Gasteiger partial charge is 0.253 e. The largest absolute Gasteiger partial charge is 0.346 e. The molecule has 0 spiro atoms. The molecule has 1 N–H and O–H groups in total. The number of rotatable bonds is 3. The molecule has 1 unspecified atom stereocenters. The van der Waals surface area contributed by atoms with Crippen molar-refractivity contribution in [1.29, 1.82) is 0 Å². The van der Waals surface area contributed by atoms with Crippen molar-refractivity contribution >= 4 is 16.7 Å². The van der Waals surface area contributed by atoms with Crippen molar-refractivity contribution in [3.8, 4) is 0 Å². The molecule has 1 saturated heterocycles. The van der Waals surface area contributed by atoms with Crippen LogP contribution in [-0.4, -0.2) is 36.9 Å². The number of amides is 1. The van der Waals surface area contributed by atoms with Crippen LogP contribution in [0.5, 0.6) is 0 Å². The molecule has 26 heavy (non-hydrogen) atoms. The van der Waals surface area contributed by atoms with E-state index in [4.69, 9.17) is 0 Å². The summed E-state index contributed by atoms with van der Waals surface area (Å²) in [5, 5.41) is 4.98. The second kappa shape index (κ2) is 6.31. The molecule has 3 nitrogen and oxygen atoms in total. The first kappa shape index (κ1) is 17.4. The third-order valence-corrected chi connectivity index (χ3v) is 5.78. The molecule has 1 amide bonds. The highest BCUT2D eigenvalue weighted by molar-refractivity contribution is 5.88. The lowest BCUT2D eigenvalue weighted by atomic mass is 9.67. The van der Waals surface area contributed by atoms with Gasteiger partial charge in [-0.15, -0.1) is 0 Å². The van der Waals surface area contributed by atoms with E-state index >= 15 is 0 Å². The van der Waals surface area contributed by atoms with Crippen LogP contribution in [0.25, 0.3) is 10.8 Å². The molecule has 2 aliphatic rings. The molecule has 2 aromatic rings. The van der Waals surface area contributed by atoms with Crippen molar-refractivity contribution in [2.45, 2.75) is 37.1 Å². The standard InChI is InChI=1S/C21H24F2N2O/c1-25-11-5-8-16(12-25)19(26)24-20(13-21(22,23)14-20)18-10-4-7-15-6-2-3-9-17(15)18/h2-4,6-7,9-10,16H,5,8,11-14H2,1H3,(H,24,26). The van der Waals surface area contributed by atoms with Crippen LogP contribution in [0.4, 0.5) is 8.78 Å². The lowest BCUT2D eigenvalue weighted by molar-refractivity contribution is -0.152. The molecule has 1 atom stereocenters. The highest BCUT2D eigenvalue weighted by atomic mass is 19.3. The predicted molar refractivity (Wildman–Crippen MR) is 98.2 cm³/mol. The normalized spacial score (nSPS) is 24.8. The quantitative estimate of drug-likeness (QED) is 0.902. The number of halogens is 2. The summed E-state index contributed by atoms with van der Waals surface area (Å²) >= 11 is 0. The summed E-state index contributed by atoms with van der Waals surface area (Å²) in [7, 11) is 2.00. The fourth-order valence-electron chi connectivity index (χ4n) is 4.54. The van der Waals surface area contributed by atoms with Crippen molar-refractivity contribution < 1.29 is 13.6 Å². The zero-order valence-electron chi connectivity index (χ0n) is 15.0. The van der Waals surface area contributed by atoms with E-state index in [-0.39, 0.29) is 24.7 Å². The first-order valence-electron chi connectivity index (χ1n) is 9.25. The molecular weight excluding hydrogens is 334 g/mol. The molecule has 0 aromatic heterocycles. The Morgan fingerprint density at radius 2 is 1.88 bits per heavy atom. The van der Waals surface area contributed by atoms with Gasteiger partial charge in [-0.3, -0.25) is 4.79 Å². The molecule has 0 radical (unpaired) electrons. The lowest BCUT2D eigenvalue weighted by Crippen LogP contribution is -2.61. The fourth-order valence-corrected chi connectivity index (χ4v) is 4.54. The number of fused-ring (bicyclic) bond motifs is 1. The number of carbonyl (C=O) groups excluding carboxylic acids is 1. The van der Waals surface area contributed by atoms with E-state index in [0.717, 1.165) is 35.7 Å². The zero-order chi connectivity index (χ0) is 18.4. The third-order valence-electron chi connectivity index (χ3n) is 5.78. The number of benzene rings is 2. The number of piperidine rings is 1. The van der Waals surface area contributed by atoms with Crippen LogP contribution >= 0.6 is 0 Å². The predicted octanol–water partition coefficient (Wildman–Crippen LogP) is 3.92. The number of nitrogens with one attached hydrogen (secondary N) is 1. The van der Waals surface area contributed by atoms with E-state index in [0.29, 0.717) is 6.54 Å². The molecule has 0 bridgehead atoms. The second-order valence-electron chi connectivity index (χ2n) is 7.91. The highest BCUT2D eigenvalue weighted by Crippen LogP contribution is 2.53. The Bertz CT molecular complexity index is 822. The van der Waals surface area contributed by atoms with Gasteiger partial charge in [-0.05, 0) is 42.8 Å². The Labute approximate surface area is 152 Å². The van der Waals surface area contributed by atoms with Gasteiger partial charge in [0.05, 0.1) is 11.5 Å². The molecule has 2 fully saturated rings. The molecular formula is C21H24F2N2O. The van der Waals surface area contributed by atoms with Gasteiger partial charge in [0.25, 0.3) is 5.92 Å². The van der Waals surface area contributed by atoms with Crippen molar-refractivity contribution in [2.75, 3.05) is 20.1 Å². The first-order chi connectivity index (χ1) is 12.4. The van der Waals surface area contributed by atoms with Crippen LogP contribution in [-0.2, 0) is 10.3 Å². The number of hydrogen-bond donors (Lipinski definition) is 1. The number of hydrogen-bond acceptors (Lipinski definition) is 2. The maximum atomic E-state index is 13.9. The van der Waals surface area contributed by atoms with Crippen molar-refractivity contribution in [3.63, 3.8) is 0 Å². The monoisotopic (exact) mass is 358 g/mol. The van der Waals surface area contributed by atoms with Gasteiger partial charge in [-0.2, -0.15) is 0 Å². The molecule has 1 aliphatic carbocycles. The second-order valence-corrected chi connectivity index (χ2v) is 7.91. The molecule has 138 valence electrons. The number of nitrogens with zero attached hydrogens (tertiary/aromatic N) is 1. The van der Waals surface area contributed by atoms with Gasteiger partial charge in [0.2, 0.25) is 5.91 Å². The van der Waals surface area contributed by atoms with Gasteiger partial charge in [0, 0.05) is 19.4 Å². The summed E-state index contributed by atoms with van der Waals surface area (Å²) in [4.78, 5) is 15.0. The lowest BCUT2D eigenvalue weighted by Gasteiger charge is -2.49. The Morgan fingerprint density at radius 3 is 2.62 bits per heavy atom. The molecule has 1 aliphatic heterocycles. The van der Waals surface area contributed by atoms with E-state index in [1.54, 1.807) is 0 Å². The minimum atomic E-state index is -2.73. The van der Waals surface area contributed by atoms with Crippen LogP contribution in [0, 0.1) is 5.92 Å². The maximum absolute atomic E-state index is 13.9. The molecule has 2 aromatic carbocycles. The maximum Gasteiger partial charge on any atom is 0.253 e. The Morgan fingerprint density at radius 1 is 1.15 bits per heavy atom. The van der Waals surface area contributed by atoms with Gasteiger partial charge >= 0.3 is 0 Å². The van der Waals surface area contributed by atoms with Crippen LogP contribution in [0.2, 0.25) is 0 Å². The van der Waals surface area contributed by atoms with Crippen LogP contribution < -0.4 is 5.32 Å². The summed E-state index contributed by atoms with van der Waals surface area (Å²) in [5.74, 6) is -2.96. The van der Waals surface area contributed by atoms with Crippen LogP contribution in [0.1, 0.15) is 31.2 Å². The minimum absolute atomic E-state index is 0.0972. The van der Waals surface area contributed by atoms with Crippen molar-refractivity contribution in [2.24, 2.45) is 5.92 Å². The average molecular weight is 358 g/mol. The van der Waals surface area contributed by atoms with Crippen LogP contribution in [0.15, 0.2) is 42.5 Å². The topological polar surface area (TPSA) is 32.3 Å². The van der Waals surface area contributed by atoms with E-state index in [2.05, 4.69) is 10.2 Å². The number of likely N-dealkylation sites (tertiary alicyclic amines) is 1. The molecule has 1 saturated carbocycles. The van der Waals surface area contributed by atoms with E-state index in [9.17, 15) is 13.6 Å². The van der Waals surface area contributed by atoms with Gasteiger partial charge in [-0.1, -0.05) is 42.5 Å². The van der Waals surface area contributed by atoms with Crippen molar-refractivity contribution in [1.82, 2.24) is 10.2 Å². The van der Waals surface area contributed by atoms with E-state index in [1.165, 1.54) is 0 Å². The minimum Gasteiger partial charge on any atom is -0.346 e. The van der Waals surface area contributed by atoms with Gasteiger partial charge < -0.3 is 10.2 Å². The van der Waals surface area contributed by atoms with Crippen molar-refractivity contribution in [3.05, 3.63) is 48.0 Å². The number of carbonyl (C=O) groups is 1. The zero-order valence-corrected chi connectivity index (χ0v) is 15.0. The first-order valence-corrected chi connectivity index (χ1v) is 9.25. The van der Waals surface area contributed by atoms with Crippen LogP contribution in [0.3, 0.4) is 0 Å². The average Bonchev–Trinajstić information content (AvgIpc) is 2.59. The summed E-state index contributed by atoms with van der Waals surface area (Å²) in [6.45, 7) is 1.67. The van der Waals surface area contributed by atoms with E-state index < -0.39 is 11.5 Å².